The minimum Gasteiger partial charge on any atom is -0.496 e. The van der Waals surface area contributed by atoms with Crippen molar-refractivity contribution in [2.24, 2.45) is 4.99 Å². The highest BCUT2D eigenvalue weighted by molar-refractivity contribution is 5.95. The topological polar surface area (TPSA) is 33.6 Å². The van der Waals surface area contributed by atoms with Crippen molar-refractivity contribution in [1.82, 2.24) is 5.32 Å². The first-order valence-electron chi connectivity index (χ1n) is 6.20. The highest BCUT2D eigenvalue weighted by Crippen LogP contribution is 2.28. The molecule has 3 rings (SSSR count). The van der Waals surface area contributed by atoms with Gasteiger partial charge in [-0.3, -0.25) is 4.99 Å². The first-order chi connectivity index (χ1) is 8.88. The predicted octanol–water partition coefficient (Wildman–Crippen LogP) is 2.39. The van der Waals surface area contributed by atoms with E-state index >= 15 is 0 Å². The summed E-state index contributed by atoms with van der Waals surface area (Å²) in [5.74, 6) is 2.01. The number of hydrogen-bond donors (Lipinski definition) is 1. The fourth-order valence-electron chi connectivity index (χ4n) is 2.41. The second-order valence-corrected chi connectivity index (χ2v) is 4.40. The molecule has 1 N–H and O–H groups in total. The second-order valence-electron chi connectivity index (χ2n) is 4.40. The van der Waals surface area contributed by atoms with Crippen LogP contribution in [-0.2, 0) is 6.42 Å². The molecule has 0 fully saturated rings. The Balaban J connectivity index is 2.06. The minimum atomic E-state index is 0.866. The lowest BCUT2D eigenvalue weighted by Gasteiger charge is -2.10. The monoisotopic (exact) mass is 240 g/mol. The Morgan fingerprint density at radius 1 is 1.17 bits per heavy atom. The molecule has 0 aliphatic carbocycles. The Morgan fingerprint density at radius 2 is 2.00 bits per heavy atom. The number of methoxy groups -OCH3 is 1. The zero-order chi connectivity index (χ0) is 12.4. The molecular formula is C15H16N2O. The van der Waals surface area contributed by atoms with Gasteiger partial charge in [-0.05, 0) is 17.0 Å². The lowest BCUT2D eigenvalue weighted by molar-refractivity contribution is 0.420. The summed E-state index contributed by atoms with van der Waals surface area (Å²) >= 11 is 0. The second kappa shape index (κ2) is 4.69. The number of nitrogens with one attached hydrogen (secondary N) is 1. The van der Waals surface area contributed by atoms with Gasteiger partial charge < -0.3 is 10.1 Å². The Labute approximate surface area is 106 Å². The van der Waals surface area contributed by atoms with Crippen LogP contribution in [-0.4, -0.2) is 26.0 Å². The smallest absolute Gasteiger partial charge is 0.126 e. The van der Waals surface area contributed by atoms with Gasteiger partial charge in [0.25, 0.3) is 0 Å². The predicted molar refractivity (Wildman–Crippen MR) is 74.5 cm³/mol. The molecule has 92 valence electrons. The standard InChI is InChI=1S/C15H16N2O/c1-18-14-7-6-11(10-15-16-8-9-17-15)12-4-2-3-5-13(12)14/h2-7H,8-10H2,1H3,(H,16,17). The fourth-order valence-corrected chi connectivity index (χ4v) is 2.41. The van der Waals surface area contributed by atoms with Crippen molar-refractivity contribution in [3.63, 3.8) is 0 Å². The first kappa shape index (κ1) is 11.1. The molecule has 1 aliphatic heterocycles. The van der Waals surface area contributed by atoms with Crippen molar-refractivity contribution in [3.8, 4) is 5.75 Å². The van der Waals surface area contributed by atoms with E-state index in [1.165, 1.54) is 10.9 Å². The quantitative estimate of drug-likeness (QED) is 0.893. The van der Waals surface area contributed by atoms with Crippen LogP contribution in [0.1, 0.15) is 5.56 Å². The number of ether oxygens (including phenoxy) is 1. The third-order valence-electron chi connectivity index (χ3n) is 3.30. The van der Waals surface area contributed by atoms with Crippen molar-refractivity contribution in [3.05, 3.63) is 42.0 Å². The van der Waals surface area contributed by atoms with Gasteiger partial charge in [-0.1, -0.05) is 30.3 Å². The summed E-state index contributed by atoms with van der Waals surface area (Å²) in [7, 11) is 1.71. The minimum absolute atomic E-state index is 0.866. The largest absolute Gasteiger partial charge is 0.496 e. The molecule has 0 saturated carbocycles. The summed E-state index contributed by atoms with van der Waals surface area (Å²) in [6.45, 7) is 1.85. The third kappa shape index (κ3) is 1.92. The molecule has 0 saturated heterocycles. The molecule has 1 aliphatic rings. The van der Waals surface area contributed by atoms with E-state index in [0.717, 1.165) is 36.5 Å². The van der Waals surface area contributed by atoms with Gasteiger partial charge in [0.15, 0.2) is 0 Å². The molecule has 0 atom stereocenters. The van der Waals surface area contributed by atoms with Crippen LogP contribution >= 0.6 is 0 Å². The Hall–Kier alpha value is -2.03. The molecule has 0 radical (unpaired) electrons. The van der Waals surface area contributed by atoms with Crippen LogP contribution in [0.5, 0.6) is 5.75 Å². The summed E-state index contributed by atoms with van der Waals surface area (Å²) in [5.41, 5.74) is 1.29. The highest BCUT2D eigenvalue weighted by atomic mass is 16.5. The summed E-state index contributed by atoms with van der Waals surface area (Å²) in [4.78, 5) is 4.45. The molecule has 2 aromatic rings. The van der Waals surface area contributed by atoms with Crippen LogP contribution in [0.4, 0.5) is 0 Å². The maximum Gasteiger partial charge on any atom is 0.126 e. The Kier molecular flexibility index (Phi) is 2.89. The molecule has 3 heteroatoms. The van der Waals surface area contributed by atoms with Crippen molar-refractivity contribution < 1.29 is 4.74 Å². The number of amidine groups is 1. The van der Waals surface area contributed by atoms with Gasteiger partial charge in [-0.15, -0.1) is 0 Å². The van der Waals surface area contributed by atoms with Crippen LogP contribution in [0, 0.1) is 0 Å². The van der Waals surface area contributed by atoms with Gasteiger partial charge in [0.1, 0.15) is 11.6 Å². The molecule has 18 heavy (non-hydrogen) atoms. The average Bonchev–Trinajstić information content (AvgIpc) is 2.92. The lowest BCUT2D eigenvalue weighted by Crippen LogP contribution is -2.20. The molecule has 2 aromatic carbocycles. The number of nitrogens with zero attached hydrogens (tertiary/aromatic N) is 1. The normalized spacial score (nSPS) is 14.4. The summed E-state index contributed by atoms with van der Waals surface area (Å²) in [6, 6.07) is 12.5. The van der Waals surface area contributed by atoms with Gasteiger partial charge in [-0.2, -0.15) is 0 Å². The van der Waals surface area contributed by atoms with Crippen molar-refractivity contribution >= 4 is 16.6 Å². The Morgan fingerprint density at radius 3 is 2.72 bits per heavy atom. The number of hydrogen-bond acceptors (Lipinski definition) is 3. The van der Waals surface area contributed by atoms with E-state index in [1.54, 1.807) is 7.11 Å². The maximum absolute atomic E-state index is 5.41. The number of benzene rings is 2. The molecule has 0 spiro atoms. The number of aliphatic imine (C=N–C) groups is 1. The van der Waals surface area contributed by atoms with Gasteiger partial charge >= 0.3 is 0 Å². The zero-order valence-corrected chi connectivity index (χ0v) is 10.4. The van der Waals surface area contributed by atoms with Crippen LogP contribution in [0.3, 0.4) is 0 Å². The van der Waals surface area contributed by atoms with Crippen molar-refractivity contribution in [2.75, 3.05) is 20.2 Å². The van der Waals surface area contributed by atoms with Gasteiger partial charge in [-0.25, -0.2) is 0 Å². The van der Waals surface area contributed by atoms with Crippen LogP contribution in [0.2, 0.25) is 0 Å². The van der Waals surface area contributed by atoms with Gasteiger partial charge in [0.2, 0.25) is 0 Å². The van der Waals surface area contributed by atoms with E-state index in [-0.39, 0.29) is 0 Å². The summed E-state index contributed by atoms with van der Waals surface area (Å²) < 4.78 is 5.41. The van der Waals surface area contributed by atoms with Crippen LogP contribution in [0.25, 0.3) is 10.8 Å². The molecule has 3 nitrogen and oxygen atoms in total. The zero-order valence-electron chi connectivity index (χ0n) is 10.4. The van der Waals surface area contributed by atoms with Crippen molar-refractivity contribution in [1.29, 1.82) is 0 Å². The van der Waals surface area contributed by atoms with Crippen LogP contribution < -0.4 is 10.1 Å². The number of rotatable bonds is 3. The maximum atomic E-state index is 5.41. The Bertz CT molecular complexity index is 604. The fraction of sp³-hybridized carbons (Fsp3) is 0.267. The number of fused-ring (bicyclic) bond motifs is 1. The van der Waals surface area contributed by atoms with E-state index in [4.69, 9.17) is 4.74 Å². The van der Waals surface area contributed by atoms with Gasteiger partial charge in [0.05, 0.1) is 13.7 Å². The van der Waals surface area contributed by atoms with E-state index in [2.05, 4.69) is 34.6 Å². The lowest BCUT2D eigenvalue weighted by atomic mass is 10.0. The first-order valence-corrected chi connectivity index (χ1v) is 6.20. The molecular weight excluding hydrogens is 224 g/mol. The molecule has 0 bridgehead atoms. The average molecular weight is 240 g/mol. The van der Waals surface area contributed by atoms with Crippen molar-refractivity contribution in [2.45, 2.75) is 6.42 Å². The summed E-state index contributed by atoms with van der Waals surface area (Å²) in [6.07, 6.45) is 0.866. The third-order valence-corrected chi connectivity index (χ3v) is 3.30. The molecule has 0 unspecified atom stereocenters. The van der Waals surface area contributed by atoms with E-state index in [9.17, 15) is 0 Å². The van der Waals surface area contributed by atoms with E-state index in [1.807, 2.05) is 12.1 Å². The molecule has 1 heterocycles. The van der Waals surface area contributed by atoms with Crippen LogP contribution in [0.15, 0.2) is 41.4 Å². The molecule has 0 aromatic heterocycles. The van der Waals surface area contributed by atoms with E-state index in [0.29, 0.717) is 0 Å². The van der Waals surface area contributed by atoms with Gasteiger partial charge in [0, 0.05) is 18.4 Å². The van der Waals surface area contributed by atoms with E-state index < -0.39 is 0 Å². The molecule has 0 amide bonds. The summed E-state index contributed by atoms with van der Waals surface area (Å²) in [5, 5.41) is 5.72. The SMILES string of the molecule is COc1ccc(CC2=NCCN2)c2ccccc12. The highest BCUT2D eigenvalue weighted by Gasteiger charge is 2.10.